The predicted octanol–water partition coefficient (Wildman–Crippen LogP) is 3.53. The molecule has 0 N–H and O–H groups in total. The summed E-state index contributed by atoms with van der Waals surface area (Å²) in [6, 6.07) is 15.7. The van der Waals surface area contributed by atoms with E-state index >= 15 is 0 Å². The van der Waals surface area contributed by atoms with Gasteiger partial charge in [-0.2, -0.15) is 0 Å². The van der Waals surface area contributed by atoms with Crippen molar-refractivity contribution in [3.63, 3.8) is 0 Å². The summed E-state index contributed by atoms with van der Waals surface area (Å²) in [5.74, 6) is 0.0175. The molecule has 1 amide bonds. The van der Waals surface area contributed by atoms with Crippen molar-refractivity contribution < 1.29 is 4.79 Å². The molecule has 0 unspecified atom stereocenters. The fraction of sp³-hybridized carbons (Fsp3) is 0.118. The zero-order valence-electron chi connectivity index (χ0n) is 10.9. The number of hydrogen-bond acceptors (Lipinski definition) is 1. The fourth-order valence-electron chi connectivity index (χ4n) is 2.58. The van der Waals surface area contributed by atoms with E-state index < -0.39 is 0 Å². The standard InChI is InChI=1S/C17H15NO/c1-12-11-13-7-3-6-10-16(13)18(2)17(19)15-9-5-4-8-14(12)15/h3-10H,1,11H2,2H3. The summed E-state index contributed by atoms with van der Waals surface area (Å²) in [5.41, 5.74) is 4.77. The average Bonchev–Trinajstić information content (AvgIpc) is 2.45. The molecule has 0 atom stereocenters. The van der Waals surface area contributed by atoms with E-state index in [4.69, 9.17) is 0 Å². The second kappa shape index (κ2) is 4.39. The minimum absolute atomic E-state index is 0.0175. The van der Waals surface area contributed by atoms with Gasteiger partial charge >= 0.3 is 0 Å². The molecule has 0 saturated heterocycles. The van der Waals surface area contributed by atoms with Gasteiger partial charge in [0.05, 0.1) is 0 Å². The van der Waals surface area contributed by atoms with Crippen LogP contribution in [0.15, 0.2) is 55.1 Å². The Morgan fingerprint density at radius 2 is 1.63 bits per heavy atom. The van der Waals surface area contributed by atoms with Gasteiger partial charge in [0, 0.05) is 18.3 Å². The van der Waals surface area contributed by atoms with Crippen molar-refractivity contribution in [2.24, 2.45) is 0 Å². The van der Waals surface area contributed by atoms with Crippen molar-refractivity contribution in [3.8, 4) is 0 Å². The lowest BCUT2D eigenvalue weighted by Gasteiger charge is -2.25. The molecule has 1 heterocycles. The van der Waals surface area contributed by atoms with Crippen LogP contribution in [0.5, 0.6) is 0 Å². The molecule has 2 aromatic carbocycles. The first-order valence-corrected chi connectivity index (χ1v) is 6.31. The summed E-state index contributed by atoms with van der Waals surface area (Å²) in [7, 11) is 1.83. The fourth-order valence-corrected chi connectivity index (χ4v) is 2.58. The lowest BCUT2D eigenvalue weighted by Crippen LogP contribution is -2.29. The predicted molar refractivity (Wildman–Crippen MR) is 78.4 cm³/mol. The molecule has 0 radical (unpaired) electrons. The van der Waals surface area contributed by atoms with Crippen LogP contribution in [0.25, 0.3) is 5.57 Å². The van der Waals surface area contributed by atoms with Gasteiger partial charge in [-0.3, -0.25) is 4.79 Å². The van der Waals surface area contributed by atoms with E-state index in [1.165, 1.54) is 0 Å². The van der Waals surface area contributed by atoms with Gasteiger partial charge < -0.3 is 4.90 Å². The molecular weight excluding hydrogens is 234 g/mol. The Kier molecular flexibility index (Phi) is 2.71. The first-order chi connectivity index (χ1) is 9.18. The molecule has 0 aliphatic carbocycles. The van der Waals surface area contributed by atoms with Crippen LogP contribution in [0.4, 0.5) is 5.69 Å². The van der Waals surface area contributed by atoms with E-state index in [1.54, 1.807) is 4.90 Å². The van der Waals surface area contributed by atoms with Crippen molar-refractivity contribution in [2.45, 2.75) is 6.42 Å². The summed E-state index contributed by atoms with van der Waals surface area (Å²) < 4.78 is 0. The van der Waals surface area contributed by atoms with Crippen LogP contribution >= 0.6 is 0 Å². The molecular formula is C17H15NO. The van der Waals surface area contributed by atoms with Gasteiger partial charge in [-0.25, -0.2) is 0 Å². The van der Waals surface area contributed by atoms with Gasteiger partial charge in [0.2, 0.25) is 0 Å². The summed E-state index contributed by atoms with van der Waals surface area (Å²) in [4.78, 5) is 14.3. The molecule has 0 bridgehead atoms. The lowest BCUT2D eigenvalue weighted by molar-refractivity contribution is 0.0992. The molecule has 0 spiro atoms. The second-order valence-corrected chi connectivity index (χ2v) is 4.82. The Morgan fingerprint density at radius 1 is 1.00 bits per heavy atom. The topological polar surface area (TPSA) is 20.3 Å². The molecule has 94 valence electrons. The van der Waals surface area contributed by atoms with E-state index in [9.17, 15) is 4.79 Å². The molecule has 0 fully saturated rings. The van der Waals surface area contributed by atoms with Crippen LogP contribution in [0.3, 0.4) is 0 Å². The quantitative estimate of drug-likeness (QED) is 0.699. The maximum Gasteiger partial charge on any atom is 0.258 e. The largest absolute Gasteiger partial charge is 0.311 e. The molecule has 2 nitrogen and oxygen atoms in total. The number of hydrogen-bond donors (Lipinski definition) is 0. The van der Waals surface area contributed by atoms with E-state index in [0.29, 0.717) is 0 Å². The molecule has 1 aliphatic rings. The van der Waals surface area contributed by atoms with Crippen LogP contribution in [-0.2, 0) is 6.42 Å². The summed E-state index contributed by atoms with van der Waals surface area (Å²) in [6.07, 6.45) is 0.769. The number of fused-ring (bicyclic) bond motifs is 2. The maximum absolute atomic E-state index is 12.6. The Bertz CT molecular complexity index is 672. The van der Waals surface area contributed by atoms with Crippen LogP contribution < -0.4 is 4.90 Å². The van der Waals surface area contributed by atoms with E-state index in [0.717, 1.165) is 34.4 Å². The van der Waals surface area contributed by atoms with Crippen molar-refractivity contribution in [1.82, 2.24) is 0 Å². The summed E-state index contributed by atoms with van der Waals surface area (Å²) in [6.45, 7) is 4.14. The van der Waals surface area contributed by atoms with Crippen molar-refractivity contribution in [2.75, 3.05) is 11.9 Å². The first kappa shape index (κ1) is 11.7. The van der Waals surface area contributed by atoms with Crippen molar-refractivity contribution in [3.05, 3.63) is 71.8 Å². The minimum atomic E-state index is 0.0175. The number of anilines is 1. The highest BCUT2D eigenvalue weighted by Crippen LogP contribution is 2.31. The number of carbonyl (C=O) groups is 1. The van der Waals surface area contributed by atoms with Gasteiger partial charge in [0.15, 0.2) is 0 Å². The van der Waals surface area contributed by atoms with E-state index in [-0.39, 0.29) is 5.91 Å². The van der Waals surface area contributed by atoms with Crippen LogP contribution in [-0.4, -0.2) is 13.0 Å². The molecule has 2 aromatic rings. The highest BCUT2D eigenvalue weighted by atomic mass is 16.2. The number of nitrogens with zero attached hydrogens (tertiary/aromatic N) is 1. The minimum Gasteiger partial charge on any atom is -0.311 e. The SMILES string of the molecule is C=C1Cc2ccccc2N(C)C(=O)c2ccccc21. The van der Waals surface area contributed by atoms with Crippen molar-refractivity contribution >= 4 is 17.2 Å². The number of allylic oxidation sites excluding steroid dienone is 1. The molecule has 19 heavy (non-hydrogen) atoms. The van der Waals surface area contributed by atoms with Crippen LogP contribution in [0, 0.1) is 0 Å². The molecule has 0 saturated carbocycles. The lowest BCUT2D eigenvalue weighted by atomic mass is 9.92. The van der Waals surface area contributed by atoms with Gasteiger partial charge in [-0.1, -0.05) is 43.0 Å². The zero-order chi connectivity index (χ0) is 13.4. The van der Waals surface area contributed by atoms with Gasteiger partial charge in [0.1, 0.15) is 0 Å². The molecule has 0 aromatic heterocycles. The molecule has 1 aliphatic heterocycles. The highest BCUT2D eigenvalue weighted by molar-refractivity contribution is 6.10. The second-order valence-electron chi connectivity index (χ2n) is 4.82. The number of benzene rings is 2. The van der Waals surface area contributed by atoms with Gasteiger partial charge in [0.25, 0.3) is 5.91 Å². The number of para-hydroxylation sites is 1. The van der Waals surface area contributed by atoms with Crippen LogP contribution in [0.2, 0.25) is 0 Å². The monoisotopic (exact) mass is 249 g/mol. The zero-order valence-corrected chi connectivity index (χ0v) is 10.9. The van der Waals surface area contributed by atoms with E-state index in [2.05, 4.69) is 12.6 Å². The van der Waals surface area contributed by atoms with Gasteiger partial charge in [-0.05, 0) is 35.3 Å². The van der Waals surface area contributed by atoms with Gasteiger partial charge in [-0.15, -0.1) is 0 Å². The Labute approximate surface area is 113 Å². The van der Waals surface area contributed by atoms with E-state index in [1.807, 2.05) is 49.5 Å². The number of carbonyl (C=O) groups excluding carboxylic acids is 1. The first-order valence-electron chi connectivity index (χ1n) is 6.31. The Morgan fingerprint density at radius 3 is 2.42 bits per heavy atom. The van der Waals surface area contributed by atoms with Crippen molar-refractivity contribution in [1.29, 1.82) is 0 Å². The normalized spacial score (nSPS) is 14.5. The third kappa shape index (κ3) is 1.85. The third-order valence-electron chi connectivity index (χ3n) is 3.60. The molecule has 3 rings (SSSR count). The summed E-state index contributed by atoms with van der Waals surface area (Å²) >= 11 is 0. The maximum atomic E-state index is 12.6. The highest BCUT2D eigenvalue weighted by Gasteiger charge is 2.23. The molecule has 2 heteroatoms. The summed E-state index contributed by atoms with van der Waals surface area (Å²) in [5, 5.41) is 0. The number of rotatable bonds is 0. The number of amides is 1. The smallest absolute Gasteiger partial charge is 0.258 e. The van der Waals surface area contributed by atoms with Crippen LogP contribution in [0.1, 0.15) is 21.5 Å². The Balaban J connectivity index is 2.22. The Hall–Kier alpha value is -2.35. The average molecular weight is 249 g/mol. The third-order valence-corrected chi connectivity index (χ3v) is 3.60.